The average Bonchev–Trinajstić information content (AvgIpc) is 2.79. The highest BCUT2D eigenvalue weighted by Gasteiger charge is 2.18. The second kappa shape index (κ2) is 9.58. The third-order valence-electron chi connectivity index (χ3n) is 5.73. The van der Waals surface area contributed by atoms with E-state index in [0.717, 1.165) is 65.5 Å². The van der Waals surface area contributed by atoms with Gasteiger partial charge in [-0.15, -0.1) is 0 Å². The quantitative estimate of drug-likeness (QED) is 0.609. The molecule has 2 N–H and O–H groups in total. The van der Waals surface area contributed by atoms with E-state index in [-0.39, 0.29) is 12.3 Å². The molecule has 1 aliphatic heterocycles. The van der Waals surface area contributed by atoms with Crippen LogP contribution in [0.3, 0.4) is 0 Å². The van der Waals surface area contributed by atoms with Crippen molar-refractivity contribution in [2.45, 2.75) is 13.3 Å². The summed E-state index contributed by atoms with van der Waals surface area (Å²) >= 11 is 0. The van der Waals surface area contributed by atoms with Gasteiger partial charge in [-0.3, -0.25) is 19.7 Å². The minimum absolute atomic E-state index is 0.188. The van der Waals surface area contributed by atoms with Gasteiger partial charge in [-0.05, 0) is 53.9 Å². The fraction of sp³-hybridized carbons (Fsp3) is 0.280. The first-order chi connectivity index (χ1) is 15.5. The van der Waals surface area contributed by atoms with Crippen LogP contribution in [0.15, 0.2) is 54.9 Å². The van der Waals surface area contributed by atoms with Crippen LogP contribution in [-0.2, 0) is 11.2 Å². The summed E-state index contributed by atoms with van der Waals surface area (Å²) < 4.78 is 0. The van der Waals surface area contributed by atoms with Crippen LogP contribution in [0, 0.1) is 18.3 Å². The van der Waals surface area contributed by atoms with Crippen LogP contribution in [0.4, 0.5) is 5.69 Å². The van der Waals surface area contributed by atoms with Gasteiger partial charge in [0.05, 0.1) is 36.6 Å². The highest BCUT2D eigenvalue weighted by Crippen LogP contribution is 2.33. The molecule has 0 spiro atoms. The molecule has 0 atom stereocenters. The number of carbonyl (C=O) groups excluding carboxylic acids is 1. The van der Waals surface area contributed by atoms with E-state index in [9.17, 15) is 4.79 Å². The molecular weight excluding hydrogens is 400 g/mol. The summed E-state index contributed by atoms with van der Waals surface area (Å²) in [4.78, 5) is 25.0. The van der Waals surface area contributed by atoms with E-state index < -0.39 is 0 Å². The van der Waals surface area contributed by atoms with Gasteiger partial charge in [0.2, 0.25) is 5.91 Å². The third kappa shape index (κ3) is 4.93. The number of piperazine rings is 1. The zero-order valence-electron chi connectivity index (χ0n) is 18.2. The monoisotopic (exact) mass is 426 g/mol. The molecule has 4 rings (SSSR count). The van der Waals surface area contributed by atoms with Crippen LogP contribution in [0.1, 0.15) is 11.3 Å². The Morgan fingerprint density at radius 2 is 1.88 bits per heavy atom. The molecule has 0 bridgehead atoms. The van der Waals surface area contributed by atoms with E-state index in [1.807, 2.05) is 49.5 Å². The summed E-state index contributed by atoms with van der Waals surface area (Å²) in [5, 5.41) is 8.88. The molecule has 1 aliphatic rings. The Morgan fingerprint density at radius 1 is 1.06 bits per heavy atom. The van der Waals surface area contributed by atoms with Crippen LogP contribution in [0.5, 0.6) is 0 Å². The largest absolute Gasteiger partial charge is 0.369 e. The highest BCUT2D eigenvalue weighted by molar-refractivity contribution is 5.84. The number of hydrogen-bond acceptors (Lipinski definition) is 6. The standard InChI is InChI=1S/C25H26N6O/c1-18-14-20(6-8-28-18)22-4-2-19(16-25(27)32)15-23(22)24-5-3-21(17-29-24)31-12-10-30(9-7-26)11-13-31/h2-6,8,14-15,17H,9-13,16H2,1H3,(H2,27,32). The van der Waals surface area contributed by atoms with Crippen molar-refractivity contribution in [3.63, 3.8) is 0 Å². The molecule has 0 saturated carbocycles. The van der Waals surface area contributed by atoms with Crippen LogP contribution < -0.4 is 10.6 Å². The zero-order valence-corrected chi connectivity index (χ0v) is 18.2. The first-order valence-corrected chi connectivity index (χ1v) is 10.7. The molecule has 1 amide bonds. The normalized spacial score (nSPS) is 14.2. The van der Waals surface area contributed by atoms with E-state index in [0.29, 0.717) is 6.54 Å². The van der Waals surface area contributed by atoms with Gasteiger partial charge in [-0.25, -0.2) is 0 Å². The minimum Gasteiger partial charge on any atom is -0.369 e. The molecule has 1 aromatic carbocycles. The molecule has 7 heteroatoms. The fourth-order valence-corrected chi connectivity index (χ4v) is 4.08. The van der Waals surface area contributed by atoms with Crippen molar-refractivity contribution < 1.29 is 4.79 Å². The van der Waals surface area contributed by atoms with E-state index in [1.54, 1.807) is 6.20 Å². The van der Waals surface area contributed by atoms with Crippen LogP contribution in [0.2, 0.25) is 0 Å². The number of amides is 1. The summed E-state index contributed by atoms with van der Waals surface area (Å²) in [5.41, 5.74) is 12.2. The minimum atomic E-state index is -0.359. The Morgan fingerprint density at radius 3 is 2.53 bits per heavy atom. The SMILES string of the molecule is Cc1cc(-c2ccc(CC(N)=O)cc2-c2ccc(N3CCN(CC#N)CC3)cn2)ccn1. The fourth-order valence-electron chi connectivity index (χ4n) is 4.08. The van der Waals surface area contributed by atoms with Gasteiger partial charge in [0.15, 0.2) is 0 Å². The molecule has 32 heavy (non-hydrogen) atoms. The number of hydrogen-bond donors (Lipinski definition) is 1. The summed E-state index contributed by atoms with van der Waals surface area (Å²) in [5.74, 6) is -0.359. The van der Waals surface area contributed by atoms with Crippen LogP contribution in [-0.4, -0.2) is 53.5 Å². The van der Waals surface area contributed by atoms with Crippen molar-refractivity contribution in [2.24, 2.45) is 5.73 Å². The number of nitrogens with two attached hydrogens (primary N) is 1. The maximum Gasteiger partial charge on any atom is 0.221 e. The first-order valence-electron chi connectivity index (χ1n) is 10.7. The van der Waals surface area contributed by atoms with Crippen molar-refractivity contribution >= 4 is 11.6 Å². The number of pyridine rings is 2. The molecule has 0 aliphatic carbocycles. The Labute approximate surface area is 188 Å². The van der Waals surface area contributed by atoms with Crippen molar-refractivity contribution in [1.29, 1.82) is 5.26 Å². The van der Waals surface area contributed by atoms with Crippen molar-refractivity contribution in [3.8, 4) is 28.5 Å². The smallest absolute Gasteiger partial charge is 0.221 e. The number of nitriles is 1. The van der Waals surface area contributed by atoms with Gasteiger partial charge < -0.3 is 10.6 Å². The summed E-state index contributed by atoms with van der Waals surface area (Å²) in [6.45, 7) is 5.93. The van der Waals surface area contributed by atoms with E-state index in [1.165, 1.54) is 0 Å². The molecule has 7 nitrogen and oxygen atoms in total. The van der Waals surface area contributed by atoms with Crippen molar-refractivity contribution in [2.75, 3.05) is 37.6 Å². The lowest BCUT2D eigenvalue weighted by Gasteiger charge is -2.34. The number of rotatable bonds is 6. The molecule has 0 radical (unpaired) electrons. The number of aryl methyl sites for hydroxylation is 1. The van der Waals surface area contributed by atoms with E-state index in [2.05, 4.69) is 26.9 Å². The van der Waals surface area contributed by atoms with Crippen LogP contribution >= 0.6 is 0 Å². The van der Waals surface area contributed by atoms with Crippen LogP contribution in [0.25, 0.3) is 22.4 Å². The Hall–Kier alpha value is -3.76. The number of carbonyl (C=O) groups is 1. The van der Waals surface area contributed by atoms with Gasteiger partial charge >= 0.3 is 0 Å². The maximum absolute atomic E-state index is 11.5. The Balaban J connectivity index is 1.64. The predicted molar refractivity (Wildman–Crippen MR) is 125 cm³/mol. The van der Waals surface area contributed by atoms with Gasteiger partial charge in [0, 0.05) is 43.6 Å². The van der Waals surface area contributed by atoms with Gasteiger partial charge in [-0.1, -0.05) is 12.1 Å². The molecule has 2 aromatic heterocycles. The molecule has 1 saturated heterocycles. The van der Waals surface area contributed by atoms with Gasteiger partial charge in [0.1, 0.15) is 0 Å². The molecule has 162 valence electrons. The first kappa shape index (κ1) is 21.5. The summed E-state index contributed by atoms with van der Waals surface area (Å²) in [7, 11) is 0. The second-order valence-electron chi connectivity index (χ2n) is 8.03. The van der Waals surface area contributed by atoms with Gasteiger partial charge in [0.25, 0.3) is 0 Å². The molecular formula is C25H26N6O. The lowest BCUT2D eigenvalue weighted by Crippen LogP contribution is -2.46. The number of anilines is 1. The molecule has 3 heterocycles. The topological polar surface area (TPSA) is 99.1 Å². The number of nitrogens with zero attached hydrogens (tertiary/aromatic N) is 5. The molecule has 1 fully saturated rings. The zero-order chi connectivity index (χ0) is 22.5. The van der Waals surface area contributed by atoms with Gasteiger partial charge in [-0.2, -0.15) is 5.26 Å². The maximum atomic E-state index is 11.5. The Bertz CT molecular complexity index is 1140. The summed E-state index contributed by atoms with van der Waals surface area (Å²) in [6.07, 6.45) is 3.89. The lowest BCUT2D eigenvalue weighted by atomic mass is 9.94. The number of aromatic nitrogens is 2. The second-order valence-corrected chi connectivity index (χ2v) is 8.03. The summed E-state index contributed by atoms with van der Waals surface area (Å²) in [6, 6.07) is 16.3. The van der Waals surface area contributed by atoms with Crippen molar-refractivity contribution in [1.82, 2.24) is 14.9 Å². The predicted octanol–water partition coefficient (Wildman–Crippen LogP) is 2.79. The number of benzene rings is 1. The lowest BCUT2D eigenvalue weighted by molar-refractivity contribution is -0.117. The highest BCUT2D eigenvalue weighted by atomic mass is 16.1. The molecule has 0 unspecified atom stereocenters. The Kier molecular flexibility index (Phi) is 6.43. The third-order valence-corrected chi connectivity index (χ3v) is 5.73. The molecule has 3 aromatic rings. The number of primary amides is 1. The van der Waals surface area contributed by atoms with E-state index in [4.69, 9.17) is 16.0 Å². The van der Waals surface area contributed by atoms with Crippen molar-refractivity contribution in [3.05, 3.63) is 66.1 Å². The average molecular weight is 427 g/mol. The van der Waals surface area contributed by atoms with E-state index >= 15 is 0 Å².